The maximum absolute atomic E-state index is 12.7. The fourth-order valence-electron chi connectivity index (χ4n) is 2.93. The van der Waals surface area contributed by atoms with E-state index in [1.165, 1.54) is 28.0 Å². The molecule has 2 aromatic rings. The van der Waals surface area contributed by atoms with Crippen molar-refractivity contribution in [2.75, 3.05) is 25.0 Å². The van der Waals surface area contributed by atoms with Gasteiger partial charge in [-0.1, -0.05) is 18.2 Å². The molecule has 28 heavy (non-hydrogen) atoms. The third kappa shape index (κ3) is 4.73. The summed E-state index contributed by atoms with van der Waals surface area (Å²) in [5.41, 5.74) is 1.48. The number of alkyl halides is 3. The molecule has 0 unspecified atom stereocenters. The maximum Gasteiger partial charge on any atom is 0.573 e. The van der Waals surface area contributed by atoms with Crippen LogP contribution in [0.25, 0.3) is 0 Å². The first-order valence-electron chi connectivity index (χ1n) is 8.48. The number of benzene rings is 2. The number of halogens is 3. The summed E-state index contributed by atoms with van der Waals surface area (Å²) in [6, 6.07) is 11.9. The average Bonchev–Trinajstić information content (AvgIpc) is 3.06. The molecule has 3 amide bonds. The van der Waals surface area contributed by atoms with Crippen molar-refractivity contribution in [1.82, 2.24) is 10.2 Å². The van der Waals surface area contributed by atoms with Crippen LogP contribution in [-0.2, 0) is 6.54 Å². The number of nitrogens with zero attached hydrogens (tertiary/aromatic N) is 2. The first-order valence-corrected chi connectivity index (χ1v) is 8.48. The average molecular weight is 393 g/mol. The molecule has 0 bridgehead atoms. The van der Waals surface area contributed by atoms with Crippen molar-refractivity contribution >= 4 is 17.6 Å². The van der Waals surface area contributed by atoms with Crippen molar-refractivity contribution in [2.45, 2.75) is 12.9 Å². The van der Waals surface area contributed by atoms with Gasteiger partial charge >= 0.3 is 12.4 Å². The van der Waals surface area contributed by atoms with E-state index in [0.717, 1.165) is 0 Å². The zero-order chi connectivity index (χ0) is 20.3. The molecule has 148 valence electrons. The lowest BCUT2D eigenvalue weighted by molar-refractivity contribution is -0.274. The summed E-state index contributed by atoms with van der Waals surface area (Å²) in [5.74, 6) is -0.656. The first-order chi connectivity index (χ1) is 13.2. The van der Waals surface area contributed by atoms with E-state index in [0.29, 0.717) is 29.9 Å². The lowest BCUT2D eigenvalue weighted by Crippen LogP contribution is -2.29. The van der Waals surface area contributed by atoms with Gasteiger partial charge in [-0.3, -0.25) is 9.69 Å². The minimum absolute atomic E-state index is 0.0995. The van der Waals surface area contributed by atoms with E-state index in [4.69, 9.17) is 0 Å². The monoisotopic (exact) mass is 393 g/mol. The highest BCUT2D eigenvalue weighted by atomic mass is 19.4. The molecule has 3 rings (SSSR count). The summed E-state index contributed by atoms with van der Waals surface area (Å²) in [5, 5.41) is 2.69. The minimum atomic E-state index is -4.78. The Labute approximate surface area is 159 Å². The Balaban J connectivity index is 1.71. The van der Waals surface area contributed by atoms with Crippen molar-refractivity contribution in [2.24, 2.45) is 0 Å². The highest BCUT2D eigenvalue weighted by Crippen LogP contribution is 2.24. The van der Waals surface area contributed by atoms with Gasteiger partial charge in [-0.25, -0.2) is 4.79 Å². The SMILES string of the molecule is CN(Cc1cccc(OC(F)(F)F)c1)C(=O)c1cccc(N2CCNC2=O)c1. The molecule has 1 saturated heterocycles. The van der Waals surface area contributed by atoms with Crippen molar-refractivity contribution in [3.8, 4) is 5.75 Å². The lowest BCUT2D eigenvalue weighted by atomic mass is 10.1. The van der Waals surface area contributed by atoms with Gasteiger partial charge in [-0.15, -0.1) is 13.2 Å². The molecule has 0 spiro atoms. The van der Waals surface area contributed by atoms with Gasteiger partial charge in [0.25, 0.3) is 5.91 Å². The van der Waals surface area contributed by atoms with Crippen LogP contribution < -0.4 is 15.0 Å². The fraction of sp³-hybridized carbons (Fsp3) is 0.263. The lowest BCUT2D eigenvalue weighted by Gasteiger charge is -2.20. The number of hydrogen-bond acceptors (Lipinski definition) is 3. The molecule has 2 aromatic carbocycles. The van der Waals surface area contributed by atoms with Crippen LogP contribution in [0.4, 0.5) is 23.7 Å². The van der Waals surface area contributed by atoms with E-state index in [1.807, 2.05) is 0 Å². The zero-order valence-corrected chi connectivity index (χ0v) is 15.0. The molecule has 0 saturated carbocycles. The summed E-state index contributed by atoms with van der Waals surface area (Å²) < 4.78 is 41.0. The van der Waals surface area contributed by atoms with E-state index in [9.17, 15) is 22.8 Å². The second-order valence-corrected chi connectivity index (χ2v) is 6.29. The van der Waals surface area contributed by atoms with Gasteiger partial charge in [-0.2, -0.15) is 0 Å². The second-order valence-electron chi connectivity index (χ2n) is 6.29. The molecule has 1 aliphatic heterocycles. The topological polar surface area (TPSA) is 61.9 Å². The number of hydrogen-bond donors (Lipinski definition) is 1. The van der Waals surface area contributed by atoms with E-state index in [1.54, 1.807) is 37.4 Å². The van der Waals surface area contributed by atoms with Gasteiger partial charge < -0.3 is 15.0 Å². The second kappa shape index (κ2) is 7.79. The van der Waals surface area contributed by atoms with Crippen molar-refractivity contribution in [1.29, 1.82) is 0 Å². The molecule has 0 aliphatic carbocycles. The summed E-state index contributed by atoms with van der Waals surface area (Å²) in [7, 11) is 1.55. The van der Waals surface area contributed by atoms with Crippen molar-refractivity contribution in [3.05, 3.63) is 59.7 Å². The Morgan fingerprint density at radius 2 is 1.96 bits per heavy atom. The maximum atomic E-state index is 12.7. The number of amides is 3. The Morgan fingerprint density at radius 3 is 2.64 bits per heavy atom. The van der Waals surface area contributed by atoms with Gasteiger partial charge in [0, 0.05) is 37.9 Å². The molecule has 0 atom stereocenters. The summed E-state index contributed by atoms with van der Waals surface area (Å²) in [6.07, 6.45) is -4.78. The van der Waals surface area contributed by atoms with E-state index in [2.05, 4.69) is 10.1 Å². The molecular formula is C19H18F3N3O3. The molecule has 0 aromatic heterocycles. The van der Waals surface area contributed by atoms with Gasteiger partial charge in [-0.05, 0) is 35.9 Å². The van der Waals surface area contributed by atoms with E-state index >= 15 is 0 Å². The van der Waals surface area contributed by atoms with Crippen LogP contribution >= 0.6 is 0 Å². The number of carbonyl (C=O) groups excluding carboxylic acids is 2. The van der Waals surface area contributed by atoms with Crippen LogP contribution in [0, 0.1) is 0 Å². The first kappa shape index (κ1) is 19.5. The standard InChI is InChI=1S/C19H18F3N3O3/c1-24(12-13-4-2-7-16(10-13)28-19(20,21)22)17(26)14-5-3-6-15(11-14)25-9-8-23-18(25)27/h2-7,10-11H,8-9,12H2,1H3,(H,23,27). The van der Waals surface area contributed by atoms with Crippen LogP contribution in [0.3, 0.4) is 0 Å². The summed E-state index contributed by atoms with van der Waals surface area (Å²) in [6.45, 7) is 1.15. The number of anilines is 1. The quantitative estimate of drug-likeness (QED) is 0.847. The van der Waals surface area contributed by atoms with Crippen molar-refractivity contribution in [3.63, 3.8) is 0 Å². The predicted molar refractivity (Wildman–Crippen MR) is 96.1 cm³/mol. The minimum Gasteiger partial charge on any atom is -0.406 e. The molecule has 9 heteroatoms. The molecular weight excluding hydrogens is 375 g/mol. The number of ether oxygens (including phenoxy) is 1. The number of rotatable bonds is 5. The Morgan fingerprint density at radius 1 is 1.21 bits per heavy atom. The van der Waals surface area contributed by atoms with Gasteiger partial charge in [0.2, 0.25) is 0 Å². The van der Waals surface area contributed by atoms with Crippen LogP contribution in [0.2, 0.25) is 0 Å². The summed E-state index contributed by atoms with van der Waals surface area (Å²) >= 11 is 0. The number of urea groups is 1. The smallest absolute Gasteiger partial charge is 0.406 e. The molecule has 0 radical (unpaired) electrons. The molecule has 1 aliphatic rings. The van der Waals surface area contributed by atoms with Crippen molar-refractivity contribution < 1.29 is 27.5 Å². The zero-order valence-electron chi connectivity index (χ0n) is 15.0. The Kier molecular flexibility index (Phi) is 5.43. The van der Waals surface area contributed by atoms with Crippen LogP contribution in [0.15, 0.2) is 48.5 Å². The third-order valence-corrected chi connectivity index (χ3v) is 4.16. The van der Waals surface area contributed by atoms with Gasteiger partial charge in [0.05, 0.1) is 0 Å². The molecule has 1 heterocycles. The molecule has 1 N–H and O–H groups in total. The molecule has 6 nitrogen and oxygen atoms in total. The highest BCUT2D eigenvalue weighted by Gasteiger charge is 2.31. The van der Waals surface area contributed by atoms with E-state index < -0.39 is 6.36 Å². The highest BCUT2D eigenvalue weighted by molar-refractivity contribution is 5.98. The van der Waals surface area contributed by atoms with Crippen LogP contribution in [0.1, 0.15) is 15.9 Å². The largest absolute Gasteiger partial charge is 0.573 e. The molecule has 1 fully saturated rings. The summed E-state index contributed by atoms with van der Waals surface area (Å²) in [4.78, 5) is 27.4. The van der Waals surface area contributed by atoms with Crippen LogP contribution in [-0.4, -0.2) is 43.3 Å². The van der Waals surface area contributed by atoms with Gasteiger partial charge in [0.15, 0.2) is 0 Å². The number of carbonyl (C=O) groups is 2. The Hall–Kier alpha value is -3.23. The predicted octanol–water partition coefficient (Wildman–Crippen LogP) is 3.39. The fourth-order valence-corrected chi connectivity index (χ4v) is 2.93. The Bertz CT molecular complexity index is 886. The number of nitrogens with one attached hydrogen (secondary N) is 1. The van der Waals surface area contributed by atoms with Crippen LogP contribution in [0.5, 0.6) is 5.75 Å². The normalized spacial score (nSPS) is 14.0. The van der Waals surface area contributed by atoms with E-state index in [-0.39, 0.29) is 24.2 Å². The van der Waals surface area contributed by atoms with Gasteiger partial charge in [0.1, 0.15) is 5.75 Å². The third-order valence-electron chi connectivity index (χ3n) is 4.16.